The minimum absolute atomic E-state index is 0.170. The third kappa shape index (κ3) is 7.63. The van der Waals surface area contributed by atoms with Crippen LogP contribution in [0.2, 0.25) is 0 Å². The summed E-state index contributed by atoms with van der Waals surface area (Å²) in [5.74, 6) is -1.02. The quantitative estimate of drug-likeness (QED) is 0.357. The monoisotopic (exact) mass is 480 g/mol. The Morgan fingerprint density at radius 2 is 1.80 bits per heavy atom. The van der Waals surface area contributed by atoms with Gasteiger partial charge in [-0.1, -0.05) is 48.5 Å². The lowest BCUT2D eigenvalue weighted by molar-refractivity contribution is -0.134. The molecule has 188 valence electrons. The van der Waals surface area contributed by atoms with Crippen LogP contribution in [0.5, 0.6) is 0 Å². The fourth-order valence-electron chi connectivity index (χ4n) is 4.43. The first-order valence-corrected chi connectivity index (χ1v) is 12.2. The summed E-state index contributed by atoms with van der Waals surface area (Å²) >= 11 is 0. The van der Waals surface area contributed by atoms with Gasteiger partial charge in [0.15, 0.2) is 0 Å². The van der Waals surface area contributed by atoms with E-state index in [1.54, 1.807) is 6.92 Å². The molecule has 0 aromatic heterocycles. The average Bonchev–Trinajstić information content (AvgIpc) is 2.89. The summed E-state index contributed by atoms with van der Waals surface area (Å²) in [4.78, 5) is 37.9. The highest BCUT2D eigenvalue weighted by Crippen LogP contribution is 2.29. The molecule has 8 nitrogen and oxygen atoms in total. The molecule has 2 aromatic carbocycles. The lowest BCUT2D eigenvalue weighted by atomic mass is 9.96. The van der Waals surface area contributed by atoms with Gasteiger partial charge in [0.2, 0.25) is 11.8 Å². The van der Waals surface area contributed by atoms with Gasteiger partial charge in [0.25, 0.3) is 0 Å². The van der Waals surface area contributed by atoms with Gasteiger partial charge in [0.1, 0.15) is 6.04 Å². The topological polar surface area (TPSA) is 99.8 Å². The average molecular weight is 481 g/mol. The normalized spacial score (nSPS) is 16.7. The van der Waals surface area contributed by atoms with Crippen LogP contribution in [0.25, 0.3) is 10.8 Å². The van der Waals surface area contributed by atoms with Gasteiger partial charge in [-0.05, 0) is 43.0 Å². The molecule has 2 atom stereocenters. The van der Waals surface area contributed by atoms with E-state index in [4.69, 9.17) is 0 Å². The number of ether oxygens (including phenoxy) is 1. The molecule has 1 fully saturated rings. The summed E-state index contributed by atoms with van der Waals surface area (Å²) in [6.45, 7) is 6.17. The van der Waals surface area contributed by atoms with E-state index in [1.807, 2.05) is 0 Å². The Bertz CT molecular complexity index is 1040. The first-order chi connectivity index (χ1) is 16.9. The molecule has 2 amide bonds. The molecule has 0 saturated carbocycles. The second kappa shape index (κ2) is 13.0. The van der Waals surface area contributed by atoms with Crippen molar-refractivity contribution in [2.24, 2.45) is 0 Å². The Morgan fingerprint density at radius 3 is 2.54 bits per heavy atom. The largest absolute Gasteiger partial charge is 0.466 e. The summed E-state index contributed by atoms with van der Waals surface area (Å²) in [7, 11) is 1.28. The number of rotatable bonds is 10. The maximum atomic E-state index is 12.3. The number of benzene rings is 2. The lowest BCUT2D eigenvalue weighted by Gasteiger charge is -2.37. The van der Waals surface area contributed by atoms with Crippen molar-refractivity contribution < 1.29 is 19.1 Å². The Kier molecular flexibility index (Phi) is 9.81. The maximum absolute atomic E-state index is 12.3. The number of carbonyl (C=O) groups is 3. The smallest absolute Gasteiger partial charge is 0.330 e. The number of carbonyl (C=O) groups excluding carboxylic acids is 3. The van der Waals surface area contributed by atoms with E-state index in [0.29, 0.717) is 6.04 Å². The number of methoxy groups -OCH3 is 1. The molecular weight excluding hydrogens is 444 g/mol. The van der Waals surface area contributed by atoms with Crippen molar-refractivity contribution in [1.82, 2.24) is 20.9 Å². The summed E-state index contributed by atoms with van der Waals surface area (Å²) in [5.41, 5.74) is 1.35. The minimum atomic E-state index is -0.667. The first kappa shape index (κ1) is 26.4. The summed E-state index contributed by atoms with van der Waals surface area (Å²) in [6.07, 6.45) is 4.66. The van der Waals surface area contributed by atoms with E-state index in [2.05, 4.69) is 75.0 Å². The van der Waals surface area contributed by atoms with Gasteiger partial charge in [-0.15, -0.1) is 0 Å². The molecular formula is C27H36N4O4. The second-order valence-corrected chi connectivity index (χ2v) is 8.90. The molecule has 1 heterocycles. The molecule has 2 aromatic rings. The highest BCUT2D eigenvalue weighted by molar-refractivity contribution is 5.88. The zero-order valence-electron chi connectivity index (χ0n) is 20.8. The highest BCUT2D eigenvalue weighted by Gasteiger charge is 2.25. The van der Waals surface area contributed by atoms with Crippen molar-refractivity contribution >= 4 is 28.6 Å². The number of nitrogens with zero attached hydrogens (tertiary/aromatic N) is 1. The third-order valence-electron chi connectivity index (χ3n) is 6.52. The van der Waals surface area contributed by atoms with Crippen LogP contribution in [0.1, 0.15) is 38.3 Å². The number of amides is 2. The number of hydrogen-bond donors (Lipinski definition) is 3. The Labute approximate surface area is 207 Å². The van der Waals surface area contributed by atoms with Crippen LogP contribution in [0, 0.1) is 0 Å². The molecule has 8 heteroatoms. The molecule has 0 aliphatic carbocycles. The van der Waals surface area contributed by atoms with Gasteiger partial charge in [0, 0.05) is 37.8 Å². The number of piperidine rings is 1. The van der Waals surface area contributed by atoms with Crippen LogP contribution >= 0.6 is 0 Å². The molecule has 3 N–H and O–H groups in total. The molecule has 0 unspecified atom stereocenters. The molecule has 1 aliphatic heterocycles. The van der Waals surface area contributed by atoms with Gasteiger partial charge in [0.05, 0.1) is 13.7 Å². The molecule has 3 rings (SSSR count). The zero-order chi connectivity index (χ0) is 25.2. The van der Waals surface area contributed by atoms with Gasteiger partial charge in [-0.2, -0.15) is 0 Å². The third-order valence-corrected chi connectivity index (χ3v) is 6.52. The Hall–Kier alpha value is -3.23. The molecule has 0 radical (unpaired) electrons. The van der Waals surface area contributed by atoms with E-state index >= 15 is 0 Å². The molecule has 35 heavy (non-hydrogen) atoms. The van der Waals surface area contributed by atoms with Crippen LogP contribution in [-0.2, 0) is 19.1 Å². The van der Waals surface area contributed by atoms with Gasteiger partial charge in [-0.3, -0.25) is 14.5 Å². The summed E-state index contributed by atoms with van der Waals surface area (Å²) in [5, 5.41) is 11.2. The Balaban J connectivity index is 1.38. The molecule has 1 saturated heterocycles. The highest BCUT2D eigenvalue weighted by atomic mass is 16.5. The van der Waals surface area contributed by atoms with Crippen molar-refractivity contribution in [2.75, 3.05) is 33.3 Å². The summed E-state index contributed by atoms with van der Waals surface area (Å²) < 4.78 is 4.48. The minimum Gasteiger partial charge on any atom is -0.466 e. The van der Waals surface area contributed by atoms with Crippen LogP contribution in [0.3, 0.4) is 0 Å². The molecule has 1 aliphatic rings. The number of nitrogens with one attached hydrogen (secondary N) is 3. The standard InChI is InChI=1S/C27H36N4O4/c1-19(27(34)28-15-7-12-26(33)35-3)30-25(32)18-29-22-13-16-31(17-14-22)20(2)23-11-6-9-21-8-4-5-10-24(21)23/h4-12,19-20,22,29H,13-18H2,1-3H3,(H,28,34)(H,30,32)/b12-7+/t19-,20-/m1/s1. The van der Waals surface area contributed by atoms with E-state index in [-0.39, 0.29) is 30.9 Å². The van der Waals surface area contributed by atoms with Gasteiger partial charge in [-0.25, -0.2) is 4.79 Å². The van der Waals surface area contributed by atoms with Crippen LogP contribution in [-0.4, -0.2) is 68.1 Å². The second-order valence-electron chi connectivity index (χ2n) is 8.90. The first-order valence-electron chi connectivity index (χ1n) is 12.2. The fourth-order valence-corrected chi connectivity index (χ4v) is 4.43. The summed E-state index contributed by atoms with van der Waals surface area (Å²) in [6, 6.07) is 14.9. The maximum Gasteiger partial charge on any atom is 0.330 e. The van der Waals surface area contributed by atoms with Crippen molar-refractivity contribution in [2.45, 2.75) is 44.8 Å². The van der Waals surface area contributed by atoms with E-state index in [0.717, 1.165) is 25.9 Å². The lowest BCUT2D eigenvalue weighted by Crippen LogP contribution is -2.50. The molecule has 0 spiro atoms. The SMILES string of the molecule is COC(=O)/C=C/CNC(=O)[C@@H](C)NC(=O)CNC1CCN([C@H](C)c2cccc3ccccc23)CC1. The predicted octanol–water partition coefficient (Wildman–Crippen LogP) is 2.30. The molecule has 0 bridgehead atoms. The van der Waals surface area contributed by atoms with Crippen LogP contribution in [0.15, 0.2) is 54.6 Å². The van der Waals surface area contributed by atoms with Gasteiger partial charge >= 0.3 is 5.97 Å². The van der Waals surface area contributed by atoms with Crippen LogP contribution in [0.4, 0.5) is 0 Å². The number of likely N-dealkylation sites (tertiary alicyclic amines) is 1. The van der Waals surface area contributed by atoms with E-state index in [9.17, 15) is 14.4 Å². The fraction of sp³-hybridized carbons (Fsp3) is 0.444. The number of esters is 1. The van der Waals surface area contributed by atoms with Crippen molar-refractivity contribution in [3.05, 3.63) is 60.2 Å². The number of hydrogen-bond acceptors (Lipinski definition) is 6. The number of fused-ring (bicyclic) bond motifs is 1. The Morgan fingerprint density at radius 1 is 1.09 bits per heavy atom. The van der Waals surface area contributed by atoms with Crippen molar-refractivity contribution in [1.29, 1.82) is 0 Å². The van der Waals surface area contributed by atoms with E-state index in [1.165, 1.54) is 35.6 Å². The van der Waals surface area contributed by atoms with Gasteiger partial charge < -0.3 is 20.7 Å². The van der Waals surface area contributed by atoms with Crippen LogP contribution < -0.4 is 16.0 Å². The van der Waals surface area contributed by atoms with Crippen molar-refractivity contribution in [3.8, 4) is 0 Å². The van der Waals surface area contributed by atoms with E-state index < -0.39 is 12.0 Å². The zero-order valence-corrected chi connectivity index (χ0v) is 20.8. The van der Waals surface area contributed by atoms with Crippen molar-refractivity contribution in [3.63, 3.8) is 0 Å². The predicted molar refractivity (Wildman–Crippen MR) is 137 cm³/mol.